The lowest BCUT2D eigenvalue weighted by atomic mass is 10.1. The molecule has 0 unspecified atom stereocenters. The van der Waals surface area contributed by atoms with Gasteiger partial charge in [-0.1, -0.05) is 6.07 Å². The van der Waals surface area contributed by atoms with Crippen LogP contribution in [0.2, 0.25) is 0 Å². The molecule has 0 aliphatic heterocycles. The number of hydrogen-bond donors (Lipinski definition) is 1. The molecule has 2 aromatic carbocycles. The molecule has 1 heterocycles. The minimum atomic E-state index is -4.64. The minimum absolute atomic E-state index is 0.0233. The van der Waals surface area contributed by atoms with Crippen LogP contribution in [0.3, 0.4) is 0 Å². The van der Waals surface area contributed by atoms with Crippen LogP contribution < -0.4 is 4.72 Å². The number of rotatable bonds is 4. The quantitative estimate of drug-likeness (QED) is 0.625. The molecule has 0 radical (unpaired) electrons. The number of hydrogen-bond acceptors (Lipinski definition) is 3. The first-order valence-electron chi connectivity index (χ1n) is 7.97. The van der Waals surface area contributed by atoms with E-state index in [9.17, 15) is 34.8 Å². The first-order chi connectivity index (χ1) is 13.3. The molecule has 3 aromatic rings. The molecule has 0 aliphatic rings. The molecule has 0 aliphatic carbocycles. The van der Waals surface area contributed by atoms with E-state index in [1.807, 2.05) is 0 Å². The highest BCUT2D eigenvalue weighted by molar-refractivity contribution is 7.88. The van der Waals surface area contributed by atoms with Crippen LogP contribution in [0.5, 0.6) is 0 Å². The number of nitrogens with zero attached hydrogens (tertiary/aromatic N) is 2. The van der Waals surface area contributed by atoms with Crippen molar-refractivity contribution in [2.24, 2.45) is 0 Å². The average Bonchev–Trinajstić information content (AvgIpc) is 2.96. The van der Waals surface area contributed by atoms with Crippen molar-refractivity contribution in [3.05, 3.63) is 59.3 Å². The molecule has 0 bridgehead atoms. The fourth-order valence-electron chi connectivity index (χ4n) is 2.67. The van der Waals surface area contributed by atoms with Gasteiger partial charge in [-0.15, -0.1) is 0 Å². The Hall–Kier alpha value is -2.60. The molecule has 156 valence electrons. The van der Waals surface area contributed by atoms with Crippen LogP contribution in [0.15, 0.2) is 42.5 Å². The zero-order valence-corrected chi connectivity index (χ0v) is 15.5. The number of nitrogens with one attached hydrogen (secondary N) is 1. The first-order valence-corrected chi connectivity index (χ1v) is 9.86. The van der Waals surface area contributed by atoms with Gasteiger partial charge in [-0.2, -0.15) is 31.4 Å². The van der Waals surface area contributed by atoms with E-state index in [2.05, 4.69) is 9.82 Å². The van der Waals surface area contributed by atoms with E-state index in [0.717, 1.165) is 53.4 Å². The molecular formula is C17H13F6N3O2S. The predicted molar refractivity (Wildman–Crippen MR) is 92.8 cm³/mol. The van der Waals surface area contributed by atoms with Gasteiger partial charge >= 0.3 is 12.4 Å². The molecule has 0 saturated heterocycles. The highest BCUT2D eigenvalue weighted by atomic mass is 32.2. The number of alkyl halides is 6. The molecule has 3 rings (SSSR count). The number of sulfonamides is 1. The van der Waals surface area contributed by atoms with Gasteiger partial charge in [0.2, 0.25) is 10.0 Å². The van der Waals surface area contributed by atoms with Crippen molar-refractivity contribution in [1.29, 1.82) is 0 Å². The molecule has 1 N–H and O–H groups in total. The molecule has 5 nitrogen and oxygen atoms in total. The summed E-state index contributed by atoms with van der Waals surface area (Å²) in [6, 6.07) is 6.49. The highest BCUT2D eigenvalue weighted by Crippen LogP contribution is 2.34. The Morgan fingerprint density at radius 3 is 2.00 bits per heavy atom. The number of benzene rings is 2. The molecule has 0 fully saturated rings. The van der Waals surface area contributed by atoms with Crippen molar-refractivity contribution in [1.82, 2.24) is 14.5 Å². The fraction of sp³-hybridized carbons (Fsp3) is 0.235. The van der Waals surface area contributed by atoms with Crippen molar-refractivity contribution < 1.29 is 34.8 Å². The van der Waals surface area contributed by atoms with Crippen LogP contribution in [0.25, 0.3) is 16.6 Å². The predicted octanol–water partition coefficient (Wildman–Crippen LogP) is 4.11. The third-order valence-electron chi connectivity index (χ3n) is 4.03. The van der Waals surface area contributed by atoms with Crippen LogP contribution in [0, 0.1) is 0 Å². The monoisotopic (exact) mass is 437 g/mol. The lowest BCUT2D eigenvalue weighted by molar-refractivity contribution is -0.138. The summed E-state index contributed by atoms with van der Waals surface area (Å²) in [6.45, 7) is -0.297. The second-order valence-electron chi connectivity index (χ2n) is 6.23. The van der Waals surface area contributed by atoms with Crippen LogP contribution in [0.4, 0.5) is 26.3 Å². The van der Waals surface area contributed by atoms with Gasteiger partial charge in [-0.3, -0.25) is 0 Å². The largest absolute Gasteiger partial charge is 0.416 e. The third kappa shape index (κ3) is 4.70. The van der Waals surface area contributed by atoms with Crippen LogP contribution in [-0.4, -0.2) is 24.5 Å². The van der Waals surface area contributed by atoms with E-state index in [1.54, 1.807) is 0 Å². The number of fused-ring (bicyclic) bond motifs is 1. The summed E-state index contributed by atoms with van der Waals surface area (Å²) >= 11 is 0. The fourth-order valence-corrected chi connectivity index (χ4v) is 3.07. The van der Waals surface area contributed by atoms with Crippen LogP contribution in [-0.2, 0) is 28.9 Å². The van der Waals surface area contributed by atoms with Gasteiger partial charge in [0.15, 0.2) is 0 Å². The van der Waals surface area contributed by atoms with E-state index in [0.29, 0.717) is 0 Å². The molecule has 0 atom stereocenters. The first kappa shape index (κ1) is 21.1. The van der Waals surface area contributed by atoms with Gasteiger partial charge in [0.05, 0.1) is 40.8 Å². The topological polar surface area (TPSA) is 64.0 Å². The van der Waals surface area contributed by atoms with E-state index < -0.39 is 33.5 Å². The summed E-state index contributed by atoms with van der Waals surface area (Å²) in [4.78, 5) is 0. The van der Waals surface area contributed by atoms with Gasteiger partial charge in [-0.05, 0) is 36.4 Å². The summed E-state index contributed by atoms with van der Waals surface area (Å²) in [6.07, 6.45) is -8.31. The third-order valence-corrected chi connectivity index (χ3v) is 4.69. The highest BCUT2D eigenvalue weighted by Gasteiger charge is 2.32. The average molecular weight is 437 g/mol. The molecule has 0 spiro atoms. The van der Waals surface area contributed by atoms with Gasteiger partial charge in [0.1, 0.15) is 0 Å². The maximum atomic E-state index is 13.1. The zero-order valence-electron chi connectivity index (χ0n) is 14.6. The Morgan fingerprint density at radius 2 is 1.48 bits per heavy atom. The SMILES string of the molecule is CS(=O)(=O)NCc1nn(-c2ccc(C(F)(F)F)cc2)c2cc(C(F)(F)F)ccc12. The Balaban J connectivity index is 2.16. The molecule has 0 saturated carbocycles. The summed E-state index contributed by atoms with van der Waals surface area (Å²) in [5, 5.41) is 4.35. The standard InChI is InChI=1S/C17H13F6N3O2S/c1-29(27,28)24-9-14-13-7-4-11(17(21,22)23)8-15(13)26(25-14)12-5-2-10(3-6-12)16(18,19)20/h2-8,24H,9H2,1H3. The second kappa shape index (κ2) is 7.02. The van der Waals surface area contributed by atoms with Crippen molar-refractivity contribution >= 4 is 20.9 Å². The van der Waals surface area contributed by atoms with Crippen molar-refractivity contribution in [3.8, 4) is 5.69 Å². The van der Waals surface area contributed by atoms with Crippen molar-refractivity contribution in [2.45, 2.75) is 18.9 Å². The molecule has 0 amide bonds. The molecular weight excluding hydrogens is 424 g/mol. The Morgan fingerprint density at radius 1 is 0.931 bits per heavy atom. The lowest BCUT2D eigenvalue weighted by Crippen LogP contribution is -2.21. The number of aromatic nitrogens is 2. The van der Waals surface area contributed by atoms with Gasteiger partial charge < -0.3 is 0 Å². The molecule has 12 heteroatoms. The summed E-state index contributed by atoms with van der Waals surface area (Å²) in [5.41, 5.74) is -1.70. The maximum absolute atomic E-state index is 13.1. The normalized spacial score (nSPS) is 13.2. The Bertz CT molecular complexity index is 1150. The minimum Gasteiger partial charge on any atom is -0.233 e. The van der Waals surface area contributed by atoms with Gasteiger partial charge in [-0.25, -0.2) is 17.8 Å². The molecule has 29 heavy (non-hydrogen) atoms. The summed E-state index contributed by atoms with van der Waals surface area (Å²) < 4.78 is 103. The summed E-state index contributed by atoms with van der Waals surface area (Å²) in [7, 11) is -3.60. The van der Waals surface area contributed by atoms with E-state index >= 15 is 0 Å². The van der Waals surface area contributed by atoms with Crippen LogP contribution in [0.1, 0.15) is 16.8 Å². The second-order valence-corrected chi connectivity index (χ2v) is 8.06. The smallest absolute Gasteiger partial charge is 0.233 e. The van der Waals surface area contributed by atoms with E-state index in [4.69, 9.17) is 0 Å². The van der Waals surface area contributed by atoms with E-state index in [1.165, 1.54) is 0 Å². The van der Waals surface area contributed by atoms with Gasteiger partial charge in [0.25, 0.3) is 0 Å². The lowest BCUT2D eigenvalue weighted by Gasteiger charge is -2.10. The van der Waals surface area contributed by atoms with Crippen molar-refractivity contribution in [2.75, 3.05) is 6.26 Å². The van der Waals surface area contributed by atoms with Crippen molar-refractivity contribution in [3.63, 3.8) is 0 Å². The van der Waals surface area contributed by atoms with E-state index in [-0.39, 0.29) is 28.8 Å². The maximum Gasteiger partial charge on any atom is 0.416 e. The summed E-state index contributed by atoms with van der Waals surface area (Å²) in [5.74, 6) is 0. The zero-order chi connectivity index (χ0) is 21.6. The Kier molecular flexibility index (Phi) is 5.11. The Labute approximate surface area is 161 Å². The van der Waals surface area contributed by atoms with Gasteiger partial charge in [0, 0.05) is 5.39 Å². The number of halogens is 6. The van der Waals surface area contributed by atoms with Crippen LogP contribution >= 0.6 is 0 Å². The molecule has 1 aromatic heterocycles.